The number of aromatic carboxylic acids is 1. The quantitative estimate of drug-likeness (QED) is 0.552. The molecule has 5 heteroatoms. The third-order valence-electron chi connectivity index (χ3n) is 0.731. The number of rotatable bonds is 1. The Morgan fingerprint density at radius 3 is 2.78 bits per heavy atom. The van der Waals surface area contributed by atoms with Crippen LogP contribution in [0.3, 0.4) is 0 Å². The Morgan fingerprint density at radius 2 is 2.56 bits per heavy atom. The fraction of sp³-hybridized carbons (Fsp3) is 0. The minimum atomic E-state index is -1.29. The molecule has 1 heterocycles. The van der Waals surface area contributed by atoms with Crippen LogP contribution < -0.4 is 10.8 Å². The van der Waals surface area contributed by atoms with Crippen LogP contribution in [0.5, 0.6) is 0 Å². The molecule has 1 aromatic heterocycles. The Balaban J connectivity index is 2.98. The SMILES string of the molecule is Nc1nc(C(=O)[O-])cs1. The number of carbonyl (C=O) groups excluding carboxylic acids is 1. The molecule has 0 spiro atoms. The topological polar surface area (TPSA) is 79.0 Å². The molecule has 0 saturated heterocycles. The van der Waals surface area contributed by atoms with Crippen molar-refractivity contribution in [3.8, 4) is 0 Å². The van der Waals surface area contributed by atoms with E-state index in [0.29, 0.717) is 0 Å². The number of carboxylic acid groups (broad SMARTS) is 1. The second-order valence-corrected chi connectivity index (χ2v) is 2.25. The average Bonchev–Trinajstić information content (AvgIpc) is 2.14. The van der Waals surface area contributed by atoms with Gasteiger partial charge in [0.05, 0.1) is 11.7 Å². The minimum Gasteiger partial charge on any atom is -0.543 e. The van der Waals surface area contributed by atoms with Crippen LogP contribution in [-0.4, -0.2) is 11.0 Å². The summed E-state index contributed by atoms with van der Waals surface area (Å²) in [6, 6.07) is 0. The number of hydrogen-bond acceptors (Lipinski definition) is 5. The van der Waals surface area contributed by atoms with Gasteiger partial charge in [-0.3, -0.25) is 0 Å². The lowest BCUT2D eigenvalue weighted by Crippen LogP contribution is -2.22. The molecule has 2 N–H and O–H groups in total. The molecule has 0 atom stereocenters. The molecule has 0 bridgehead atoms. The Bertz CT molecular complexity index is 232. The number of nitrogens with two attached hydrogens (primary N) is 1. The van der Waals surface area contributed by atoms with Gasteiger partial charge in [-0.2, -0.15) is 0 Å². The maximum absolute atomic E-state index is 9.99. The molecule has 1 rings (SSSR count). The van der Waals surface area contributed by atoms with Crippen molar-refractivity contribution in [1.29, 1.82) is 0 Å². The Kier molecular flexibility index (Phi) is 1.35. The fourth-order valence-electron chi connectivity index (χ4n) is 0.381. The molecule has 0 aliphatic carbocycles. The first kappa shape index (κ1) is 6.03. The summed E-state index contributed by atoms with van der Waals surface area (Å²) in [5.41, 5.74) is 5.03. The average molecular weight is 143 g/mol. The van der Waals surface area contributed by atoms with E-state index in [2.05, 4.69) is 4.98 Å². The predicted molar refractivity (Wildman–Crippen MR) is 30.9 cm³/mol. The molecule has 48 valence electrons. The maximum Gasteiger partial charge on any atom is 0.180 e. The molecular weight excluding hydrogens is 140 g/mol. The Morgan fingerprint density at radius 1 is 1.89 bits per heavy atom. The van der Waals surface area contributed by atoms with Crippen molar-refractivity contribution in [1.82, 2.24) is 4.98 Å². The standard InChI is InChI=1S/C4H4N2O2S/c5-4-6-2(1-9-4)3(7)8/h1H,(H2,5,6)(H,7,8)/p-1. The molecule has 0 unspecified atom stereocenters. The first-order chi connectivity index (χ1) is 4.20. The van der Waals surface area contributed by atoms with Crippen LogP contribution in [0.1, 0.15) is 10.5 Å². The van der Waals surface area contributed by atoms with Crippen LogP contribution in [0.15, 0.2) is 5.38 Å². The molecule has 0 aliphatic heterocycles. The van der Waals surface area contributed by atoms with E-state index in [1.165, 1.54) is 5.38 Å². The lowest BCUT2D eigenvalue weighted by atomic mass is 10.5. The summed E-state index contributed by atoms with van der Waals surface area (Å²) < 4.78 is 0. The highest BCUT2D eigenvalue weighted by molar-refractivity contribution is 7.13. The zero-order valence-electron chi connectivity index (χ0n) is 4.33. The van der Waals surface area contributed by atoms with E-state index in [4.69, 9.17) is 5.73 Å². The highest BCUT2D eigenvalue weighted by Crippen LogP contribution is 2.09. The van der Waals surface area contributed by atoms with Gasteiger partial charge in [0.15, 0.2) is 5.13 Å². The largest absolute Gasteiger partial charge is 0.543 e. The Labute approximate surface area is 55.0 Å². The van der Waals surface area contributed by atoms with Gasteiger partial charge in [0, 0.05) is 5.38 Å². The van der Waals surface area contributed by atoms with Gasteiger partial charge in [-0.05, 0) is 0 Å². The highest BCUT2D eigenvalue weighted by Gasteiger charge is 1.96. The van der Waals surface area contributed by atoms with Crippen LogP contribution in [0.4, 0.5) is 5.13 Å². The van der Waals surface area contributed by atoms with E-state index in [1.54, 1.807) is 0 Å². The van der Waals surface area contributed by atoms with Crippen LogP contribution in [-0.2, 0) is 0 Å². The van der Waals surface area contributed by atoms with Crippen molar-refractivity contribution in [3.05, 3.63) is 11.1 Å². The van der Waals surface area contributed by atoms with Gasteiger partial charge in [-0.1, -0.05) is 0 Å². The third kappa shape index (κ3) is 1.17. The monoisotopic (exact) mass is 143 g/mol. The van der Waals surface area contributed by atoms with Gasteiger partial charge in [0.1, 0.15) is 0 Å². The van der Waals surface area contributed by atoms with Crippen molar-refractivity contribution in [2.75, 3.05) is 5.73 Å². The first-order valence-electron chi connectivity index (χ1n) is 2.12. The summed E-state index contributed by atoms with van der Waals surface area (Å²) in [6.45, 7) is 0. The molecule has 0 aromatic carbocycles. The van der Waals surface area contributed by atoms with E-state index >= 15 is 0 Å². The van der Waals surface area contributed by atoms with E-state index in [9.17, 15) is 9.90 Å². The van der Waals surface area contributed by atoms with Crippen molar-refractivity contribution >= 4 is 22.4 Å². The zero-order chi connectivity index (χ0) is 6.85. The van der Waals surface area contributed by atoms with Crippen molar-refractivity contribution in [3.63, 3.8) is 0 Å². The molecule has 0 saturated carbocycles. The minimum absolute atomic E-state index is 0.0995. The molecule has 0 amide bonds. The maximum atomic E-state index is 9.99. The lowest BCUT2D eigenvalue weighted by Gasteiger charge is -1.91. The van der Waals surface area contributed by atoms with Crippen LogP contribution in [0.2, 0.25) is 0 Å². The number of carbonyl (C=O) groups is 1. The van der Waals surface area contributed by atoms with Gasteiger partial charge >= 0.3 is 0 Å². The first-order valence-corrected chi connectivity index (χ1v) is 3.00. The normalized spacial score (nSPS) is 9.33. The summed E-state index contributed by atoms with van der Waals surface area (Å²) in [7, 11) is 0. The molecule has 0 aliphatic rings. The molecule has 4 nitrogen and oxygen atoms in total. The highest BCUT2D eigenvalue weighted by atomic mass is 32.1. The van der Waals surface area contributed by atoms with Crippen LogP contribution >= 0.6 is 11.3 Å². The Hall–Kier alpha value is -1.10. The van der Waals surface area contributed by atoms with E-state index in [1.807, 2.05) is 0 Å². The molecule has 0 fully saturated rings. The van der Waals surface area contributed by atoms with Crippen molar-refractivity contribution in [2.24, 2.45) is 0 Å². The van der Waals surface area contributed by atoms with Crippen molar-refractivity contribution < 1.29 is 9.90 Å². The fourth-order valence-corrected chi connectivity index (χ4v) is 0.914. The number of nitrogens with zero attached hydrogens (tertiary/aromatic N) is 1. The number of aromatic nitrogens is 1. The molecular formula is C4H3N2O2S-. The van der Waals surface area contributed by atoms with Crippen LogP contribution in [0.25, 0.3) is 0 Å². The zero-order valence-corrected chi connectivity index (χ0v) is 5.14. The summed E-state index contributed by atoms with van der Waals surface area (Å²) in [4.78, 5) is 13.4. The smallest absolute Gasteiger partial charge is 0.180 e. The van der Waals surface area contributed by atoms with E-state index in [0.717, 1.165) is 11.3 Å². The van der Waals surface area contributed by atoms with E-state index < -0.39 is 5.97 Å². The predicted octanol–water partition coefficient (Wildman–Crippen LogP) is -0.911. The van der Waals surface area contributed by atoms with Crippen LogP contribution in [0, 0.1) is 0 Å². The second kappa shape index (κ2) is 2.02. The molecule has 1 aromatic rings. The molecule has 9 heavy (non-hydrogen) atoms. The van der Waals surface area contributed by atoms with Gasteiger partial charge in [0.2, 0.25) is 0 Å². The van der Waals surface area contributed by atoms with Gasteiger partial charge < -0.3 is 15.6 Å². The van der Waals surface area contributed by atoms with Crippen molar-refractivity contribution in [2.45, 2.75) is 0 Å². The summed E-state index contributed by atoms with van der Waals surface area (Å²) >= 11 is 1.08. The summed E-state index contributed by atoms with van der Waals surface area (Å²) in [5.74, 6) is -1.29. The number of hydrogen-bond donors (Lipinski definition) is 1. The lowest BCUT2D eigenvalue weighted by molar-refractivity contribution is -0.255. The number of carboxylic acids is 1. The summed E-state index contributed by atoms with van der Waals surface area (Å²) in [6.07, 6.45) is 0. The number of thiazole rings is 1. The summed E-state index contributed by atoms with van der Waals surface area (Å²) in [5, 5.41) is 11.6. The van der Waals surface area contributed by atoms with Gasteiger partial charge in [-0.15, -0.1) is 11.3 Å². The molecule has 0 radical (unpaired) electrons. The second-order valence-electron chi connectivity index (χ2n) is 1.36. The number of anilines is 1. The van der Waals surface area contributed by atoms with Gasteiger partial charge in [-0.25, -0.2) is 4.98 Å². The third-order valence-corrected chi connectivity index (χ3v) is 1.40. The van der Waals surface area contributed by atoms with E-state index in [-0.39, 0.29) is 10.8 Å². The number of nitrogen functional groups attached to an aromatic ring is 1. The van der Waals surface area contributed by atoms with Gasteiger partial charge in [0.25, 0.3) is 0 Å².